The zero-order chi connectivity index (χ0) is 14.4. The number of hydrogen-bond acceptors (Lipinski definition) is 1. The third-order valence-electron chi connectivity index (χ3n) is 3.27. The van der Waals surface area contributed by atoms with E-state index in [4.69, 9.17) is 0 Å². The molecule has 0 aliphatic rings. The molecule has 0 heterocycles. The lowest BCUT2D eigenvalue weighted by Crippen LogP contribution is -2.24. The van der Waals surface area contributed by atoms with E-state index in [1.54, 1.807) is 12.1 Å². The summed E-state index contributed by atoms with van der Waals surface area (Å²) in [7, 11) is 0. The van der Waals surface area contributed by atoms with Crippen molar-refractivity contribution in [2.24, 2.45) is 0 Å². The van der Waals surface area contributed by atoms with E-state index < -0.39 is 0 Å². The number of hydrogen-bond donors (Lipinski definition) is 1. The fraction of sp³-hybridized carbons (Fsp3) is 0.294. The molecule has 3 heteroatoms. The monoisotopic (exact) mass is 335 g/mol. The zero-order valence-electron chi connectivity index (χ0n) is 11.6. The van der Waals surface area contributed by atoms with Gasteiger partial charge >= 0.3 is 0 Å². The highest BCUT2D eigenvalue weighted by atomic mass is 79.9. The van der Waals surface area contributed by atoms with Gasteiger partial charge in [-0.05, 0) is 58.6 Å². The summed E-state index contributed by atoms with van der Waals surface area (Å²) in [6, 6.07) is 15.8. The first-order valence-corrected chi connectivity index (χ1v) is 7.72. The van der Waals surface area contributed by atoms with E-state index in [9.17, 15) is 4.39 Å². The lowest BCUT2D eigenvalue weighted by molar-refractivity contribution is 0.523. The molecule has 0 spiro atoms. The summed E-state index contributed by atoms with van der Waals surface area (Å²) in [6.45, 7) is 3.06. The molecule has 1 N–H and O–H groups in total. The maximum Gasteiger partial charge on any atom is 0.137 e. The quantitative estimate of drug-likeness (QED) is 0.793. The normalized spacial score (nSPS) is 12.3. The van der Waals surface area contributed by atoms with Crippen LogP contribution >= 0.6 is 15.9 Å². The van der Waals surface area contributed by atoms with Gasteiger partial charge in [0.2, 0.25) is 0 Å². The summed E-state index contributed by atoms with van der Waals surface area (Å²) >= 11 is 3.20. The molecular formula is C17H19BrFN. The Morgan fingerprint density at radius 2 is 1.90 bits per heavy atom. The van der Waals surface area contributed by atoms with Crippen molar-refractivity contribution >= 4 is 15.9 Å². The molecule has 0 radical (unpaired) electrons. The molecule has 0 bridgehead atoms. The van der Waals surface area contributed by atoms with Crippen LogP contribution in [0.4, 0.5) is 4.39 Å². The van der Waals surface area contributed by atoms with Crippen molar-refractivity contribution in [3.05, 3.63) is 69.9 Å². The molecule has 20 heavy (non-hydrogen) atoms. The minimum Gasteiger partial charge on any atom is -0.310 e. The van der Waals surface area contributed by atoms with Crippen molar-refractivity contribution in [1.82, 2.24) is 5.32 Å². The highest BCUT2D eigenvalue weighted by molar-refractivity contribution is 9.10. The smallest absolute Gasteiger partial charge is 0.137 e. The molecule has 0 amide bonds. The van der Waals surface area contributed by atoms with E-state index in [1.807, 2.05) is 24.3 Å². The summed E-state index contributed by atoms with van der Waals surface area (Å²) in [5.74, 6) is -0.209. The highest BCUT2D eigenvalue weighted by Crippen LogP contribution is 2.23. The molecule has 2 aromatic carbocycles. The first-order valence-electron chi connectivity index (χ1n) is 6.93. The molecule has 1 atom stereocenters. The molecule has 0 fully saturated rings. The minimum atomic E-state index is -0.209. The largest absolute Gasteiger partial charge is 0.310 e. The number of benzene rings is 2. The Balaban J connectivity index is 2.20. The molecule has 0 aromatic heterocycles. The maximum absolute atomic E-state index is 13.7. The van der Waals surface area contributed by atoms with Gasteiger partial charge in [-0.3, -0.25) is 0 Å². The van der Waals surface area contributed by atoms with Crippen LogP contribution in [-0.4, -0.2) is 6.54 Å². The van der Waals surface area contributed by atoms with E-state index in [2.05, 4.69) is 40.3 Å². The second-order valence-corrected chi connectivity index (χ2v) is 5.72. The van der Waals surface area contributed by atoms with Crippen LogP contribution in [0.5, 0.6) is 0 Å². The van der Waals surface area contributed by atoms with Gasteiger partial charge in [-0.15, -0.1) is 0 Å². The van der Waals surface area contributed by atoms with Gasteiger partial charge in [0, 0.05) is 6.04 Å². The van der Waals surface area contributed by atoms with E-state index >= 15 is 0 Å². The van der Waals surface area contributed by atoms with Crippen LogP contribution in [0.2, 0.25) is 0 Å². The van der Waals surface area contributed by atoms with Gasteiger partial charge in [0.15, 0.2) is 0 Å². The third kappa shape index (κ3) is 4.15. The van der Waals surface area contributed by atoms with E-state index in [-0.39, 0.29) is 11.9 Å². The fourth-order valence-corrected chi connectivity index (χ4v) is 2.45. The summed E-state index contributed by atoms with van der Waals surface area (Å²) in [5.41, 5.74) is 2.24. The fourth-order valence-electron chi connectivity index (χ4n) is 2.21. The zero-order valence-corrected chi connectivity index (χ0v) is 13.2. The Labute approximate surface area is 128 Å². The van der Waals surface area contributed by atoms with Crippen molar-refractivity contribution < 1.29 is 4.39 Å². The highest BCUT2D eigenvalue weighted by Gasteiger charge is 2.13. The predicted molar refractivity (Wildman–Crippen MR) is 85.3 cm³/mol. The van der Waals surface area contributed by atoms with Gasteiger partial charge in [0.1, 0.15) is 5.82 Å². The second kappa shape index (κ2) is 7.55. The molecular weight excluding hydrogens is 317 g/mol. The van der Waals surface area contributed by atoms with Crippen molar-refractivity contribution in [3.8, 4) is 0 Å². The molecule has 2 aromatic rings. The summed E-state index contributed by atoms with van der Waals surface area (Å²) in [5, 5.41) is 3.50. The molecule has 1 unspecified atom stereocenters. The Hall–Kier alpha value is -1.19. The van der Waals surface area contributed by atoms with Gasteiger partial charge in [-0.25, -0.2) is 4.39 Å². The van der Waals surface area contributed by atoms with Crippen LogP contribution in [0.15, 0.2) is 53.0 Å². The molecule has 0 saturated heterocycles. The Morgan fingerprint density at radius 1 is 1.15 bits per heavy atom. The topological polar surface area (TPSA) is 12.0 Å². The van der Waals surface area contributed by atoms with Gasteiger partial charge in [-0.1, -0.05) is 43.3 Å². The number of rotatable bonds is 6. The summed E-state index contributed by atoms with van der Waals surface area (Å²) < 4.78 is 14.2. The molecule has 0 saturated carbocycles. The van der Waals surface area contributed by atoms with Crippen molar-refractivity contribution in [1.29, 1.82) is 0 Å². The molecule has 106 valence electrons. The van der Waals surface area contributed by atoms with Gasteiger partial charge < -0.3 is 5.32 Å². The van der Waals surface area contributed by atoms with Crippen molar-refractivity contribution in [2.45, 2.75) is 25.8 Å². The second-order valence-electron chi connectivity index (χ2n) is 4.87. The molecule has 1 nitrogen and oxygen atoms in total. The van der Waals surface area contributed by atoms with Crippen LogP contribution in [0.25, 0.3) is 0 Å². The van der Waals surface area contributed by atoms with Gasteiger partial charge in [0.05, 0.1) is 4.47 Å². The van der Waals surface area contributed by atoms with Crippen molar-refractivity contribution in [2.75, 3.05) is 6.54 Å². The van der Waals surface area contributed by atoms with Crippen LogP contribution < -0.4 is 5.32 Å². The third-order valence-corrected chi connectivity index (χ3v) is 3.91. The standard InChI is InChI=1S/C17H19BrFN/c1-2-10-20-17(11-13-6-4-3-5-7-13)14-8-9-15(18)16(19)12-14/h3-9,12,17,20H,2,10-11H2,1H3. The van der Waals surface area contributed by atoms with Gasteiger partial charge in [-0.2, -0.15) is 0 Å². The predicted octanol–water partition coefficient (Wildman–Crippen LogP) is 4.87. The van der Waals surface area contributed by atoms with E-state index in [1.165, 1.54) is 5.56 Å². The SMILES string of the molecule is CCCNC(Cc1ccccc1)c1ccc(Br)c(F)c1. The lowest BCUT2D eigenvalue weighted by atomic mass is 9.98. The average Bonchev–Trinajstić information content (AvgIpc) is 2.47. The van der Waals surface area contributed by atoms with E-state index in [0.717, 1.165) is 24.9 Å². The lowest BCUT2D eigenvalue weighted by Gasteiger charge is -2.19. The van der Waals surface area contributed by atoms with Crippen LogP contribution in [0.3, 0.4) is 0 Å². The van der Waals surface area contributed by atoms with Crippen LogP contribution in [-0.2, 0) is 6.42 Å². The summed E-state index contributed by atoms with van der Waals surface area (Å²) in [6.07, 6.45) is 1.92. The van der Waals surface area contributed by atoms with E-state index in [0.29, 0.717) is 4.47 Å². The van der Waals surface area contributed by atoms with Crippen molar-refractivity contribution in [3.63, 3.8) is 0 Å². The average molecular weight is 336 g/mol. The minimum absolute atomic E-state index is 0.139. The molecule has 0 aliphatic heterocycles. The van der Waals surface area contributed by atoms with Crippen LogP contribution in [0.1, 0.15) is 30.5 Å². The van der Waals surface area contributed by atoms with Crippen LogP contribution in [0, 0.1) is 5.82 Å². The number of halogens is 2. The van der Waals surface area contributed by atoms with Gasteiger partial charge in [0.25, 0.3) is 0 Å². The first kappa shape index (κ1) is 15.2. The molecule has 0 aliphatic carbocycles. The Bertz CT molecular complexity index is 542. The maximum atomic E-state index is 13.7. The Kier molecular flexibility index (Phi) is 5.74. The summed E-state index contributed by atoms with van der Waals surface area (Å²) in [4.78, 5) is 0. The molecule has 2 rings (SSSR count). The first-order chi connectivity index (χ1) is 9.70. The number of nitrogens with one attached hydrogen (secondary N) is 1. The Morgan fingerprint density at radius 3 is 2.55 bits per heavy atom.